The lowest BCUT2D eigenvalue weighted by Gasteiger charge is -2.30. The van der Waals surface area contributed by atoms with Crippen LogP contribution in [-0.4, -0.2) is 41.9 Å². The van der Waals surface area contributed by atoms with E-state index in [0.29, 0.717) is 5.56 Å². The van der Waals surface area contributed by atoms with Gasteiger partial charge in [0.15, 0.2) is 5.82 Å². The molecule has 2 atom stereocenters. The van der Waals surface area contributed by atoms with Crippen LogP contribution in [-0.2, 0) is 20.1 Å². The van der Waals surface area contributed by atoms with Crippen LogP contribution < -0.4 is 5.73 Å². The summed E-state index contributed by atoms with van der Waals surface area (Å²) in [5.41, 5.74) is 2.55. The molecule has 2 aliphatic rings. The number of likely N-dealkylation sites (N-methyl/N-ethyl adjacent to an activating group) is 1. The number of rotatable bonds is 5. The first-order valence-electron chi connectivity index (χ1n) is 10.7. The van der Waals surface area contributed by atoms with Crippen molar-refractivity contribution in [2.24, 2.45) is 10.9 Å². The van der Waals surface area contributed by atoms with Gasteiger partial charge in [-0.1, -0.05) is 34.4 Å². The van der Waals surface area contributed by atoms with E-state index in [1.165, 1.54) is 19.1 Å². The molecule has 192 valence electrons. The number of hydrogen-bond acceptors (Lipinski definition) is 5. The van der Waals surface area contributed by atoms with Crippen molar-refractivity contribution in [3.8, 4) is 0 Å². The van der Waals surface area contributed by atoms with Gasteiger partial charge in [-0.05, 0) is 43.2 Å². The fourth-order valence-corrected chi connectivity index (χ4v) is 4.95. The number of carbonyl (C=O) groups is 2. The van der Waals surface area contributed by atoms with E-state index in [1.807, 2.05) is 0 Å². The largest absolute Gasteiger partial charge is 0.435 e. The number of primary amides is 1. The van der Waals surface area contributed by atoms with E-state index in [1.54, 1.807) is 6.92 Å². The molecule has 2 aliphatic heterocycles. The minimum absolute atomic E-state index is 0.0928. The molecule has 0 aromatic heterocycles. The fraction of sp³-hybridized carbons (Fsp3) is 0.348. The Balaban J connectivity index is 1.85. The molecule has 2 aromatic carbocycles. The number of amides is 2. The summed E-state index contributed by atoms with van der Waals surface area (Å²) in [4.78, 5) is 35.3. The van der Waals surface area contributed by atoms with Crippen molar-refractivity contribution in [1.82, 2.24) is 5.06 Å². The summed E-state index contributed by atoms with van der Waals surface area (Å²) in [5, 5.41) is 3.62. The molecule has 1 unspecified atom stereocenters. The lowest BCUT2D eigenvalue weighted by atomic mass is 9.81. The van der Waals surface area contributed by atoms with Crippen LogP contribution in [0, 0.1) is 12.7 Å². The molecule has 2 N–H and O–H groups in total. The van der Waals surface area contributed by atoms with Crippen LogP contribution in [0.1, 0.15) is 51.9 Å². The van der Waals surface area contributed by atoms with Crippen molar-refractivity contribution in [2.45, 2.75) is 38.0 Å². The number of alkyl halides is 3. The van der Waals surface area contributed by atoms with E-state index in [2.05, 4.69) is 5.16 Å². The van der Waals surface area contributed by atoms with Crippen molar-refractivity contribution in [2.75, 3.05) is 13.2 Å². The number of nitrogens with two attached hydrogens (primary N) is 1. The van der Waals surface area contributed by atoms with Crippen molar-refractivity contribution >= 4 is 40.7 Å². The van der Waals surface area contributed by atoms with Gasteiger partial charge in [0.25, 0.3) is 11.5 Å². The maximum atomic E-state index is 14.4. The normalized spacial score (nSPS) is 22.1. The Morgan fingerprint density at radius 2 is 1.92 bits per heavy atom. The average molecular weight is 548 g/mol. The molecule has 13 heteroatoms. The van der Waals surface area contributed by atoms with E-state index >= 15 is 0 Å². The van der Waals surface area contributed by atoms with Gasteiger partial charge in [-0.3, -0.25) is 14.4 Å². The summed E-state index contributed by atoms with van der Waals surface area (Å²) in [6.45, 7) is 3.38. The quantitative estimate of drug-likeness (QED) is 0.421. The zero-order valence-corrected chi connectivity index (χ0v) is 20.4. The molecule has 2 heterocycles. The summed E-state index contributed by atoms with van der Waals surface area (Å²) in [6.07, 6.45) is -5.85. The Morgan fingerprint density at radius 1 is 1.28 bits per heavy atom. The van der Waals surface area contributed by atoms with Crippen molar-refractivity contribution in [3.05, 3.63) is 67.9 Å². The van der Waals surface area contributed by atoms with Crippen LogP contribution in [0.25, 0.3) is 0 Å². The SMILES string of the molecule is CCN1OC[C@@H](c2c(C3=NOC(c4cc(Cl)c(F)c(Cl)c4)(C(F)(F)F)C3)ccc(C(N)=O)c2C)C1=O. The summed E-state index contributed by atoms with van der Waals surface area (Å²) in [6, 6.07) is 4.27. The molecule has 1 fully saturated rings. The second kappa shape index (κ2) is 9.20. The summed E-state index contributed by atoms with van der Waals surface area (Å²) in [7, 11) is 0. The number of halogens is 6. The van der Waals surface area contributed by atoms with Crippen LogP contribution in [0.2, 0.25) is 10.0 Å². The first-order valence-corrected chi connectivity index (χ1v) is 11.4. The minimum atomic E-state index is -5.02. The molecular formula is C23H19Cl2F4N3O4. The van der Waals surface area contributed by atoms with Gasteiger partial charge in [-0.2, -0.15) is 13.2 Å². The summed E-state index contributed by atoms with van der Waals surface area (Å²) < 4.78 is 57.3. The highest BCUT2D eigenvalue weighted by Gasteiger charge is 2.62. The zero-order chi connectivity index (χ0) is 26.6. The van der Waals surface area contributed by atoms with Crippen molar-refractivity contribution in [1.29, 1.82) is 0 Å². The molecule has 4 rings (SSSR count). The second-order valence-electron chi connectivity index (χ2n) is 8.33. The predicted molar refractivity (Wildman–Crippen MR) is 122 cm³/mol. The molecule has 0 spiro atoms. The van der Waals surface area contributed by atoms with E-state index in [0.717, 1.165) is 17.2 Å². The van der Waals surface area contributed by atoms with Crippen LogP contribution in [0.15, 0.2) is 29.4 Å². The molecule has 2 amide bonds. The Morgan fingerprint density at radius 3 is 2.44 bits per heavy atom. The molecule has 1 saturated heterocycles. The maximum Gasteiger partial charge on any atom is 0.435 e. The van der Waals surface area contributed by atoms with Crippen molar-refractivity contribution < 1.29 is 36.8 Å². The van der Waals surface area contributed by atoms with Crippen LogP contribution in [0.5, 0.6) is 0 Å². The molecule has 36 heavy (non-hydrogen) atoms. The van der Waals surface area contributed by atoms with Crippen LogP contribution in [0.4, 0.5) is 17.6 Å². The molecule has 0 saturated carbocycles. The van der Waals surface area contributed by atoms with E-state index < -0.39 is 57.4 Å². The van der Waals surface area contributed by atoms with Crippen molar-refractivity contribution in [3.63, 3.8) is 0 Å². The van der Waals surface area contributed by atoms with Crippen LogP contribution >= 0.6 is 23.2 Å². The topological polar surface area (TPSA) is 94.2 Å². The molecule has 0 aliphatic carbocycles. The van der Waals surface area contributed by atoms with E-state index in [4.69, 9.17) is 38.6 Å². The average Bonchev–Trinajstić information content (AvgIpc) is 3.41. The van der Waals surface area contributed by atoms with Gasteiger partial charge in [0.2, 0.25) is 5.91 Å². The van der Waals surface area contributed by atoms with Gasteiger partial charge < -0.3 is 10.6 Å². The minimum Gasteiger partial charge on any atom is -0.374 e. The molecule has 2 aromatic rings. The Labute approximate surface area is 212 Å². The van der Waals surface area contributed by atoms with Crippen LogP contribution in [0.3, 0.4) is 0 Å². The van der Waals surface area contributed by atoms with Gasteiger partial charge >= 0.3 is 6.18 Å². The highest BCUT2D eigenvalue weighted by atomic mass is 35.5. The Kier molecular flexibility index (Phi) is 6.69. The first-order chi connectivity index (χ1) is 16.8. The third-order valence-corrected chi connectivity index (χ3v) is 6.85. The van der Waals surface area contributed by atoms with E-state index in [-0.39, 0.29) is 35.6 Å². The predicted octanol–water partition coefficient (Wildman–Crippen LogP) is 5.00. The third-order valence-electron chi connectivity index (χ3n) is 6.30. The number of carbonyl (C=O) groups excluding carboxylic acids is 2. The summed E-state index contributed by atoms with van der Waals surface area (Å²) in [5.74, 6) is -3.19. The molecular weight excluding hydrogens is 529 g/mol. The van der Waals surface area contributed by atoms with E-state index in [9.17, 15) is 27.2 Å². The number of benzene rings is 2. The fourth-order valence-electron chi connectivity index (χ4n) is 4.46. The highest BCUT2D eigenvalue weighted by Crippen LogP contribution is 2.50. The van der Waals surface area contributed by atoms with Gasteiger partial charge in [-0.15, -0.1) is 0 Å². The number of nitrogens with zero attached hydrogens (tertiary/aromatic N) is 2. The first kappa shape index (κ1) is 26.2. The standard InChI is InChI=1S/C23H19Cl2F4N3O4/c1-3-32-21(34)14(9-35-32)18-10(2)12(20(30)33)4-5-13(18)17-8-22(36-31-17,23(27,28)29)11-6-15(24)19(26)16(25)7-11/h4-7,14H,3,8-9H2,1-2H3,(H2,30,33)/t14-,22?/m0/s1. The highest BCUT2D eigenvalue weighted by molar-refractivity contribution is 6.35. The van der Waals surface area contributed by atoms with Gasteiger partial charge in [0.1, 0.15) is 0 Å². The molecule has 0 bridgehead atoms. The zero-order valence-electron chi connectivity index (χ0n) is 18.9. The summed E-state index contributed by atoms with van der Waals surface area (Å²) >= 11 is 11.5. The lowest BCUT2D eigenvalue weighted by Crippen LogP contribution is -2.42. The smallest absolute Gasteiger partial charge is 0.374 e. The number of hydrogen-bond donors (Lipinski definition) is 1. The Hall–Kier alpha value is -2.89. The molecule has 0 radical (unpaired) electrons. The maximum absolute atomic E-state index is 14.4. The lowest BCUT2D eigenvalue weighted by molar-refractivity contribution is -0.275. The number of oxime groups is 1. The van der Waals surface area contributed by atoms with Gasteiger partial charge in [-0.25, -0.2) is 9.45 Å². The number of hydroxylamine groups is 2. The molecule has 7 nitrogen and oxygen atoms in total. The van der Waals surface area contributed by atoms with Gasteiger partial charge in [0.05, 0.1) is 28.3 Å². The Bertz CT molecular complexity index is 1280. The van der Waals surface area contributed by atoms with Gasteiger partial charge in [0, 0.05) is 29.7 Å². The second-order valence-corrected chi connectivity index (χ2v) is 9.14. The monoisotopic (exact) mass is 547 g/mol. The third kappa shape index (κ3) is 4.08.